The number of aromatic nitrogens is 5. The number of rotatable bonds is 4. The van der Waals surface area contributed by atoms with Crippen molar-refractivity contribution in [3.63, 3.8) is 0 Å². The first-order chi connectivity index (χ1) is 13.2. The summed E-state index contributed by atoms with van der Waals surface area (Å²) in [6.07, 6.45) is 1.39. The number of aryl methyl sites for hydroxylation is 2. The molecule has 1 aliphatic carbocycles. The fourth-order valence-electron chi connectivity index (χ4n) is 3.71. The fourth-order valence-corrected chi connectivity index (χ4v) is 3.71. The van der Waals surface area contributed by atoms with Gasteiger partial charge >= 0.3 is 0 Å². The molecule has 2 amide bonds. The standard InChI is InChI=1S/C17H21F2N7O2/c1-10-5-13-24(2)16(28)12(3-4-26(13)22-10)21-15(27)14-20-9-25(23-14)8-11-6-17(18,19)7-11/h5,9,11-12H,3-4,6-8H2,1-2H3,(H,21,27). The molecule has 1 unspecified atom stereocenters. The second kappa shape index (κ2) is 6.64. The molecule has 11 heteroatoms. The van der Waals surface area contributed by atoms with E-state index in [2.05, 4.69) is 20.5 Å². The van der Waals surface area contributed by atoms with Gasteiger partial charge in [0.2, 0.25) is 11.7 Å². The van der Waals surface area contributed by atoms with Crippen LogP contribution in [0.4, 0.5) is 14.6 Å². The summed E-state index contributed by atoms with van der Waals surface area (Å²) in [5.41, 5.74) is 0.816. The topological polar surface area (TPSA) is 97.9 Å². The SMILES string of the molecule is Cc1cc2n(n1)CCC(NC(=O)c1ncn(CC3CC(F)(F)C3)n1)C(=O)N2C. The Balaban J connectivity index is 1.38. The number of alkyl halides is 2. The van der Waals surface area contributed by atoms with Crippen molar-refractivity contribution in [3.8, 4) is 0 Å². The van der Waals surface area contributed by atoms with Crippen molar-refractivity contribution in [2.24, 2.45) is 5.92 Å². The van der Waals surface area contributed by atoms with E-state index in [1.54, 1.807) is 11.7 Å². The maximum Gasteiger partial charge on any atom is 0.291 e. The average Bonchev–Trinajstić information content (AvgIpc) is 3.19. The summed E-state index contributed by atoms with van der Waals surface area (Å²) in [7, 11) is 1.64. The number of anilines is 1. The molecule has 0 radical (unpaired) electrons. The van der Waals surface area contributed by atoms with E-state index in [1.807, 2.05) is 13.0 Å². The van der Waals surface area contributed by atoms with Gasteiger partial charge in [0.15, 0.2) is 0 Å². The third kappa shape index (κ3) is 3.48. The predicted octanol–water partition coefficient (Wildman–Crippen LogP) is 0.993. The lowest BCUT2D eigenvalue weighted by Crippen LogP contribution is -2.47. The molecule has 1 atom stereocenters. The monoisotopic (exact) mass is 393 g/mol. The smallest absolute Gasteiger partial charge is 0.291 e. The Hall–Kier alpha value is -2.85. The molecule has 4 rings (SSSR count). The first kappa shape index (κ1) is 18.5. The molecule has 150 valence electrons. The van der Waals surface area contributed by atoms with E-state index in [4.69, 9.17) is 0 Å². The highest BCUT2D eigenvalue weighted by molar-refractivity contribution is 6.00. The zero-order valence-corrected chi connectivity index (χ0v) is 15.6. The summed E-state index contributed by atoms with van der Waals surface area (Å²) < 4.78 is 29.0. The molecule has 28 heavy (non-hydrogen) atoms. The van der Waals surface area contributed by atoms with Crippen molar-refractivity contribution < 1.29 is 18.4 Å². The number of amides is 2. The molecule has 3 heterocycles. The van der Waals surface area contributed by atoms with Crippen molar-refractivity contribution >= 4 is 17.6 Å². The molecule has 1 N–H and O–H groups in total. The van der Waals surface area contributed by atoms with Crippen molar-refractivity contribution in [1.82, 2.24) is 29.9 Å². The largest absolute Gasteiger partial charge is 0.337 e. The van der Waals surface area contributed by atoms with Crippen molar-refractivity contribution in [1.29, 1.82) is 0 Å². The van der Waals surface area contributed by atoms with E-state index in [-0.39, 0.29) is 30.5 Å². The zero-order chi connectivity index (χ0) is 20.1. The van der Waals surface area contributed by atoms with Gasteiger partial charge in [0, 0.05) is 39.0 Å². The quantitative estimate of drug-likeness (QED) is 0.836. The number of halogens is 2. The molecule has 1 fully saturated rings. The van der Waals surface area contributed by atoms with Crippen LogP contribution in [0.15, 0.2) is 12.4 Å². The highest BCUT2D eigenvalue weighted by atomic mass is 19.3. The van der Waals surface area contributed by atoms with Crippen LogP contribution in [0.2, 0.25) is 0 Å². The molecule has 2 aliphatic rings. The van der Waals surface area contributed by atoms with Gasteiger partial charge in [-0.05, 0) is 19.3 Å². The van der Waals surface area contributed by atoms with Crippen molar-refractivity contribution in [2.75, 3.05) is 11.9 Å². The molecule has 2 aromatic heterocycles. The Kier molecular flexibility index (Phi) is 4.39. The van der Waals surface area contributed by atoms with Crippen LogP contribution in [-0.4, -0.2) is 55.4 Å². The summed E-state index contributed by atoms with van der Waals surface area (Å²) in [4.78, 5) is 30.6. The third-order valence-corrected chi connectivity index (χ3v) is 5.15. The van der Waals surface area contributed by atoms with Crippen LogP contribution in [0, 0.1) is 12.8 Å². The number of fused-ring (bicyclic) bond motifs is 1. The number of nitrogens with one attached hydrogen (secondary N) is 1. The zero-order valence-electron chi connectivity index (χ0n) is 15.6. The lowest BCUT2D eigenvalue weighted by atomic mass is 9.81. The van der Waals surface area contributed by atoms with Gasteiger partial charge in [-0.25, -0.2) is 18.4 Å². The molecule has 2 aromatic rings. The highest BCUT2D eigenvalue weighted by Gasteiger charge is 2.45. The fraction of sp³-hybridized carbons (Fsp3) is 0.588. The average molecular weight is 393 g/mol. The van der Waals surface area contributed by atoms with Gasteiger partial charge in [-0.2, -0.15) is 5.10 Å². The molecule has 0 spiro atoms. The van der Waals surface area contributed by atoms with Gasteiger partial charge in [-0.3, -0.25) is 19.2 Å². The molecular weight excluding hydrogens is 372 g/mol. The minimum absolute atomic E-state index is 0.0839. The summed E-state index contributed by atoms with van der Waals surface area (Å²) in [6.45, 7) is 2.63. The second-order valence-corrected chi connectivity index (χ2v) is 7.50. The van der Waals surface area contributed by atoms with Crippen LogP contribution < -0.4 is 10.2 Å². The van der Waals surface area contributed by atoms with Crippen molar-refractivity contribution in [3.05, 3.63) is 23.9 Å². The van der Waals surface area contributed by atoms with Gasteiger partial charge in [-0.1, -0.05) is 0 Å². The maximum absolute atomic E-state index is 12.9. The van der Waals surface area contributed by atoms with Gasteiger partial charge < -0.3 is 5.32 Å². The van der Waals surface area contributed by atoms with E-state index >= 15 is 0 Å². The van der Waals surface area contributed by atoms with Gasteiger partial charge in [0.1, 0.15) is 18.2 Å². The number of hydrogen-bond acceptors (Lipinski definition) is 5. The number of likely N-dealkylation sites (N-methyl/N-ethyl adjacent to an activating group) is 1. The van der Waals surface area contributed by atoms with E-state index in [9.17, 15) is 18.4 Å². The molecule has 1 saturated carbocycles. The van der Waals surface area contributed by atoms with Crippen molar-refractivity contribution in [2.45, 2.75) is 51.2 Å². The van der Waals surface area contributed by atoms with Crippen LogP contribution in [0.3, 0.4) is 0 Å². The molecule has 1 aliphatic heterocycles. The van der Waals surface area contributed by atoms with Gasteiger partial charge in [0.05, 0.1) is 5.69 Å². The summed E-state index contributed by atoms with van der Waals surface area (Å²) >= 11 is 0. The summed E-state index contributed by atoms with van der Waals surface area (Å²) in [5, 5.41) is 11.1. The summed E-state index contributed by atoms with van der Waals surface area (Å²) in [5.74, 6) is -2.99. The number of nitrogens with zero attached hydrogens (tertiary/aromatic N) is 6. The number of carbonyl (C=O) groups excluding carboxylic acids is 2. The van der Waals surface area contributed by atoms with Gasteiger partial charge in [0.25, 0.3) is 11.8 Å². The molecule has 9 nitrogen and oxygen atoms in total. The Bertz CT molecular complexity index is 915. The Labute approximate surface area is 159 Å². The lowest BCUT2D eigenvalue weighted by Gasteiger charge is -2.34. The Morgan fingerprint density at radius 3 is 2.82 bits per heavy atom. The predicted molar refractivity (Wildman–Crippen MR) is 93.9 cm³/mol. The highest BCUT2D eigenvalue weighted by Crippen LogP contribution is 2.42. The van der Waals surface area contributed by atoms with Crippen LogP contribution in [-0.2, 0) is 17.9 Å². The lowest BCUT2D eigenvalue weighted by molar-refractivity contribution is -0.120. The van der Waals surface area contributed by atoms with Crippen LogP contribution in [0.1, 0.15) is 35.6 Å². The van der Waals surface area contributed by atoms with Gasteiger partial charge in [-0.15, -0.1) is 5.10 Å². The molecule has 0 bridgehead atoms. The van der Waals surface area contributed by atoms with E-state index in [0.717, 1.165) is 5.69 Å². The Morgan fingerprint density at radius 1 is 1.36 bits per heavy atom. The summed E-state index contributed by atoms with van der Waals surface area (Å²) in [6, 6.07) is 1.09. The maximum atomic E-state index is 12.9. The Morgan fingerprint density at radius 2 is 2.11 bits per heavy atom. The normalized spacial score (nSPS) is 21.8. The first-order valence-electron chi connectivity index (χ1n) is 9.12. The minimum atomic E-state index is -2.59. The van der Waals surface area contributed by atoms with E-state index in [0.29, 0.717) is 25.3 Å². The van der Waals surface area contributed by atoms with E-state index < -0.39 is 17.9 Å². The van der Waals surface area contributed by atoms with Crippen LogP contribution in [0.5, 0.6) is 0 Å². The first-order valence-corrected chi connectivity index (χ1v) is 9.12. The van der Waals surface area contributed by atoms with E-state index in [1.165, 1.54) is 15.9 Å². The molecule has 0 aromatic carbocycles. The second-order valence-electron chi connectivity index (χ2n) is 7.50. The third-order valence-electron chi connectivity index (χ3n) is 5.15. The molecule has 0 saturated heterocycles. The molecular formula is C17H21F2N7O2. The number of hydrogen-bond donors (Lipinski definition) is 1. The number of carbonyl (C=O) groups is 2. The minimum Gasteiger partial charge on any atom is -0.337 e. The van der Waals surface area contributed by atoms with Crippen LogP contribution >= 0.6 is 0 Å². The van der Waals surface area contributed by atoms with Crippen LogP contribution in [0.25, 0.3) is 0 Å².